The van der Waals surface area contributed by atoms with E-state index < -0.39 is 0 Å². The Balaban J connectivity index is 1.39. The van der Waals surface area contributed by atoms with E-state index in [0.29, 0.717) is 48.2 Å². The molecule has 1 saturated heterocycles. The van der Waals surface area contributed by atoms with E-state index in [4.69, 9.17) is 14.2 Å². The summed E-state index contributed by atoms with van der Waals surface area (Å²) in [5.41, 5.74) is 2.96. The normalized spacial score (nSPS) is 14.9. The Kier molecular flexibility index (Phi) is 6.40. The number of carbonyl (C=O) groups excluding carboxylic acids is 1. The van der Waals surface area contributed by atoms with E-state index in [2.05, 4.69) is 26.9 Å². The van der Waals surface area contributed by atoms with Gasteiger partial charge in [0.15, 0.2) is 0 Å². The van der Waals surface area contributed by atoms with Gasteiger partial charge in [-0.3, -0.25) is 4.79 Å². The first-order valence-electron chi connectivity index (χ1n) is 11.3. The van der Waals surface area contributed by atoms with Crippen LogP contribution in [0.5, 0.6) is 0 Å². The number of rotatable bonds is 6. The lowest BCUT2D eigenvalue weighted by molar-refractivity contribution is 0.0486. The third-order valence-corrected chi connectivity index (χ3v) is 7.26. The predicted octanol–water partition coefficient (Wildman–Crippen LogP) is 4.52. The molecule has 1 amide bonds. The molecule has 0 bridgehead atoms. The average molecular weight is 486 g/mol. The Labute approximate surface area is 206 Å². The van der Waals surface area contributed by atoms with Crippen LogP contribution in [-0.4, -0.2) is 40.8 Å². The molecule has 0 unspecified atom stereocenters. The van der Waals surface area contributed by atoms with Crippen molar-refractivity contribution in [2.75, 3.05) is 19.8 Å². The lowest BCUT2D eigenvalue weighted by Gasteiger charge is -2.35. The van der Waals surface area contributed by atoms with Crippen LogP contribution in [0.1, 0.15) is 39.7 Å². The second-order valence-corrected chi connectivity index (χ2v) is 9.39. The van der Waals surface area contributed by atoms with E-state index >= 15 is 0 Å². The molecule has 5 rings (SSSR count). The summed E-state index contributed by atoms with van der Waals surface area (Å²) in [5, 5.41) is 19.5. The van der Waals surface area contributed by atoms with Crippen LogP contribution < -0.4 is 5.32 Å². The van der Waals surface area contributed by atoms with Crippen molar-refractivity contribution in [2.24, 2.45) is 0 Å². The van der Waals surface area contributed by atoms with E-state index in [1.165, 1.54) is 0 Å². The third kappa shape index (κ3) is 4.85. The minimum atomic E-state index is -0.313. The molecule has 3 heterocycles. The highest BCUT2D eigenvalue weighted by Crippen LogP contribution is 2.38. The van der Waals surface area contributed by atoms with Crippen LogP contribution >= 0.6 is 11.3 Å². The second kappa shape index (κ2) is 9.78. The fourth-order valence-electron chi connectivity index (χ4n) is 4.21. The van der Waals surface area contributed by atoms with Gasteiger partial charge in [-0.15, -0.1) is 11.3 Å². The lowest BCUT2D eigenvalue weighted by atomic mass is 9.80. The zero-order valence-corrected chi connectivity index (χ0v) is 20.0. The van der Waals surface area contributed by atoms with Gasteiger partial charge in [0.2, 0.25) is 11.7 Å². The predicted molar refractivity (Wildman–Crippen MR) is 131 cm³/mol. The van der Waals surface area contributed by atoms with Crippen LogP contribution in [0.25, 0.3) is 22.6 Å². The van der Waals surface area contributed by atoms with Crippen molar-refractivity contribution >= 4 is 17.2 Å². The molecule has 35 heavy (non-hydrogen) atoms. The molecular weight excluding hydrogens is 462 g/mol. The van der Waals surface area contributed by atoms with Gasteiger partial charge in [-0.05, 0) is 31.0 Å². The maximum absolute atomic E-state index is 13.2. The van der Waals surface area contributed by atoms with Crippen LogP contribution in [-0.2, 0) is 10.2 Å². The quantitative estimate of drug-likeness (QED) is 0.427. The molecule has 1 aliphatic heterocycles. The maximum atomic E-state index is 13.2. The Morgan fingerprint density at radius 1 is 1.14 bits per heavy atom. The van der Waals surface area contributed by atoms with E-state index in [9.17, 15) is 10.1 Å². The van der Waals surface area contributed by atoms with E-state index in [-0.39, 0.29) is 11.3 Å². The summed E-state index contributed by atoms with van der Waals surface area (Å²) in [6.07, 6.45) is 1.53. The van der Waals surface area contributed by atoms with Crippen molar-refractivity contribution < 1.29 is 14.1 Å². The summed E-state index contributed by atoms with van der Waals surface area (Å²) in [6.45, 7) is 3.33. The molecule has 0 spiro atoms. The molecule has 8 nitrogen and oxygen atoms in total. The minimum Gasteiger partial charge on any atom is -0.381 e. The highest BCUT2D eigenvalue weighted by molar-refractivity contribution is 7.10. The number of hydrogen-bond acceptors (Lipinski definition) is 8. The highest BCUT2D eigenvalue weighted by Gasteiger charge is 2.38. The summed E-state index contributed by atoms with van der Waals surface area (Å²) in [7, 11) is 0. The first kappa shape index (κ1) is 22.9. The van der Waals surface area contributed by atoms with Crippen molar-refractivity contribution in [1.29, 1.82) is 5.26 Å². The summed E-state index contributed by atoms with van der Waals surface area (Å²) in [5.74, 6) is 0.480. The number of nitrogens with zero attached hydrogens (tertiary/aromatic N) is 4. The molecule has 0 saturated carbocycles. The summed E-state index contributed by atoms with van der Waals surface area (Å²) in [6, 6.07) is 17.1. The van der Waals surface area contributed by atoms with E-state index in [0.717, 1.165) is 29.1 Å². The van der Waals surface area contributed by atoms with Gasteiger partial charge in [0.1, 0.15) is 5.01 Å². The summed E-state index contributed by atoms with van der Waals surface area (Å²) < 4.78 is 10.7. The van der Waals surface area contributed by atoms with Gasteiger partial charge < -0.3 is 14.6 Å². The number of carbonyl (C=O) groups is 1. The maximum Gasteiger partial charge on any atom is 0.251 e. The van der Waals surface area contributed by atoms with Gasteiger partial charge in [0, 0.05) is 54.2 Å². The first-order valence-corrected chi connectivity index (χ1v) is 12.2. The number of aryl methyl sites for hydroxylation is 1. The first-order chi connectivity index (χ1) is 17.1. The number of ether oxygens (including phenoxy) is 1. The Morgan fingerprint density at radius 3 is 2.66 bits per heavy atom. The molecule has 4 aromatic rings. The molecule has 0 radical (unpaired) electrons. The van der Waals surface area contributed by atoms with Crippen molar-refractivity contribution in [1.82, 2.24) is 20.4 Å². The van der Waals surface area contributed by atoms with Gasteiger partial charge in [-0.25, -0.2) is 4.98 Å². The monoisotopic (exact) mass is 485 g/mol. The van der Waals surface area contributed by atoms with Crippen LogP contribution in [0.3, 0.4) is 0 Å². The number of nitriles is 1. The SMILES string of the molecule is Cc1nc(-c2cc(C#N)cc(C(=O)NCC3(c4nc(-c5ccccc5)cs4)CCOCC3)c2)no1. The Bertz CT molecular complexity index is 1380. The molecule has 1 N–H and O–H groups in total. The topological polar surface area (TPSA) is 114 Å². The highest BCUT2D eigenvalue weighted by atomic mass is 32.1. The fraction of sp³-hybridized carbons (Fsp3) is 0.269. The number of benzene rings is 2. The Morgan fingerprint density at radius 2 is 1.94 bits per heavy atom. The van der Waals surface area contributed by atoms with Gasteiger partial charge >= 0.3 is 0 Å². The molecule has 1 fully saturated rings. The number of nitrogens with one attached hydrogen (secondary N) is 1. The fourth-order valence-corrected chi connectivity index (χ4v) is 5.30. The number of thiazole rings is 1. The van der Waals surface area contributed by atoms with Crippen molar-refractivity contribution in [3.05, 3.63) is 75.9 Å². The molecule has 1 aliphatic rings. The standard InChI is InChI=1S/C26H23N5O3S/c1-17-29-23(31-34-17)20-11-18(14-27)12-21(13-20)24(32)28-16-26(7-9-33-10-8-26)25-30-22(15-35-25)19-5-3-2-4-6-19/h2-6,11-13,15H,7-10,16H2,1H3,(H,28,32). The van der Waals surface area contributed by atoms with Crippen LogP contribution in [0.15, 0.2) is 58.4 Å². The molecule has 176 valence electrons. The summed E-state index contributed by atoms with van der Waals surface area (Å²) in [4.78, 5) is 22.4. The number of hydrogen-bond donors (Lipinski definition) is 1. The molecule has 9 heteroatoms. The van der Waals surface area contributed by atoms with Gasteiger partial charge in [0.05, 0.1) is 17.3 Å². The second-order valence-electron chi connectivity index (χ2n) is 8.53. The van der Waals surface area contributed by atoms with Gasteiger partial charge in [-0.2, -0.15) is 10.2 Å². The van der Waals surface area contributed by atoms with Crippen molar-refractivity contribution in [3.8, 4) is 28.7 Å². The van der Waals surface area contributed by atoms with Crippen molar-refractivity contribution in [3.63, 3.8) is 0 Å². The smallest absolute Gasteiger partial charge is 0.251 e. The molecule has 2 aromatic heterocycles. The van der Waals surface area contributed by atoms with Crippen molar-refractivity contribution in [2.45, 2.75) is 25.2 Å². The zero-order chi connectivity index (χ0) is 24.3. The molecule has 0 atom stereocenters. The van der Waals surface area contributed by atoms with Gasteiger partial charge in [-0.1, -0.05) is 35.5 Å². The molecular formula is C26H23N5O3S. The van der Waals surface area contributed by atoms with Gasteiger partial charge in [0.25, 0.3) is 5.91 Å². The van der Waals surface area contributed by atoms with Crippen LogP contribution in [0, 0.1) is 18.3 Å². The molecule has 0 aliphatic carbocycles. The number of amides is 1. The Hall–Kier alpha value is -3.87. The summed E-state index contributed by atoms with van der Waals surface area (Å²) >= 11 is 1.62. The number of aromatic nitrogens is 3. The van der Waals surface area contributed by atoms with E-state index in [1.807, 2.05) is 30.3 Å². The average Bonchev–Trinajstić information content (AvgIpc) is 3.58. The third-order valence-electron chi connectivity index (χ3n) is 6.17. The van der Waals surface area contributed by atoms with Crippen LogP contribution in [0.4, 0.5) is 0 Å². The lowest BCUT2D eigenvalue weighted by Crippen LogP contribution is -2.44. The van der Waals surface area contributed by atoms with Crippen LogP contribution in [0.2, 0.25) is 0 Å². The van der Waals surface area contributed by atoms with E-state index in [1.54, 1.807) is 36.5 Å². The minimum absolute atomic E-state index is 0.269. The molecule has 2 aromatic carbocycles. The largest absolute Gasteiger partial charge is 0.381 e. The zero-order valence-electron chi connectivity index (χ0n) is 19.2.